The van der Waals surface area contributed by atoms with Crippen molar-refractivity contribution in [2.75, 3.05) is 18.1 Å². The Morgan fingerprint density at radius 2 is 1.36 bits per heavy atom. The molecule has 0 fully saturated rings. The number of benzene rings is 1. The maximum Gasteiger partial charge on any atom is 0.153 e. The third-order valence-electron chi connectivity index (χ3n) is 4.54. The van der Waals surface area contributed by atoms with Gasteiger partial charge in [0.25, 0.3) is 0 Å². The maximum absolute atomic E-state index is 11.1. The average molecular weight is 349 g/mol. The molecule has 4 heteroatoms. The number of nitrogens with two attached hydrogens (primary N) is 2. The number of carbonyl (C=O) groups is 1. The van der Waals surface area contributed by atoms with Crippen molar-refractivity contribution in [3.8, 4) is 5.75 Å². The van der Waals surface area contributed by atoms with Crippen LogP contribution in [0.5, 0.6) is 5.75 Å². The molecular formula is C21H36N2O2. The lowest BCUT2D eigenvalue weighted by Crippen LogP contribution is -2.04. The number of aldehydes is 1. The lowest BCUT2D eigenvalue weighted by Gasteiger charge is -2.12. The smallest absolute Gasteiger partial charge is 0.153 e. The minimum Gasteiger partial charge on any atom is -0.491 e. The third-order valence-corrected chi connectivity index (χ3v) is 4.54. The Morgan fingerprint density at radius 3 is 1.88 bits per heavy atom. The summed E-state index contributed by atoms with van der Waals surface area (Å²) in [6.07, 6.45) is 16.4. The van der Waals surface area contributed by atoms with Gasteiger partial charge in [0.05, 0.1) is 17.9 Å². The van der Waals surface area contributed by atoms with E-state index < -0.39 is 0 Å². The number of ether oxygens (including phenoxy) is 1. The molecule has 0 aliphatic carbocycles. The molecule has 4 nitrogen and oxygen atoms in total. The van der Waals surface area contributed by atoms with E-state index in [1.165, 1.54) is 64.2 Å². The third kappa shape index (κ3) is 9.37. The summed E-state index contributed by atoms with van der Waals surface area (Å²) in [5.41, 5.74) is 12.9. The second-order valence-electron chi connectivity index (χ2n) is 6.88. The van der Waals surface area contributed by atoms with E-state index in [0.29, 0.717) is 29.3 Å². The molecule has 1 aromatic rings. The van der Waals surface area contributed by atoms with Gasteiger partial charge in [-0.25, -0.2) is 0 Å². The van der Waals surface area contributed by atoms with E-state index in [9.17, 15) is 4.79 Å². The van der Waals surface area contributed by atoms with Crippen LogP contribution >= 0.6 is 0 Å². The first-order valence-corrected chi connectivity index (χ1v) is 9.96. The number of anilines is 2. The predicted octanol–water partition coefficient (Wildman–Crippen LogP) is 5.74. The fourth-order valence-corrected chi connectivity index (χ4v) is 3.07. The van der Waals surface area contributed by atoms with Crippen molar-refractivity contribution in [2.24, 2.45) is 0 Å². The van der Waals surface area contributed by atoms with Crippen LogP contribution in [0.25, 0.3) is 0 Å². The average Bonchev–Trinajstić information content (AvgIpc) is 2.60. The number of hydrogen-bond acceptors (Lipinski definition) is 4. The van der Waals surface area contributed by atoms with Gasteiger partial charge in [0.15, 0.2) is 12.0 Å². The molecule has 0 spiro atoms. The quantitative estimate of drug-likeness (QED) is 0.240. The molecule has 0 radical (unpaired) electrons. The van der Waals surface area contributed by atoms with Gasteiger partial charge < -0.3 is 16.2 Å². The highest BCUT2D eigenvalue weighted by Gasteiger charge is 2.08. The fraction of sp³-hybridized carbons (Fsp3) is 0.667. The molecule has 0 aromatic heterocycles. The number of unbranched alkanes of at least 4 members (excludes halogenated alkanes) is 11. The van der Waals surface area contributed by atoms with Gasteiger partial charge in [-0.05, 0) is 18.6 Å². The molecule has 0 unspecified atom stereocenters. The highest BCUT2D eigenvalue weighted by molar-refractivity contribution is 5.85. The molecule has 1 rings (SSSR count). The zero-order chi connectivity index (χ0) is 18.3. The van der Waals surface area contributed by atoms with E-state index >= 15 is 0 Å². The second kappa shape index (κ2) is 13.6. The van der Waals surface area contributed by atoms with Crippen LogP contribution in [0.3, 0.4) is 0 Å². The SMILES string of the molecule is CCCCCCCCCCCCCCOc1c(N)cc(N)cc1C=O. The summed E-state index contributed by atoms with van der Waals surface area (Å²) in [5.74, 6) is 0.465. The van der Waals surface area contributed by atoms with Crippen molar-refractivity contribution in [1.29, 1.82) is 0 Å². The van der Waals surface area contributed by atoms with Crippen LogP contribution in [0, 0.1) is 0 Å². The molecule has 0 heterocycles. The summed E-state index contributed by atoms with van der Waals surface area (Å²) >= 11 is 0. The summed E-state index contributed by atoms with van der Waals surface area (Å²) in [6.45, 7) is 2.85. The number of nitrogen functional groups attached to an aromatic ring is 2. The zero-order valence-electron chi connectivity index (χ0n) is 15.9. The van der Waals surface area contributed by atoms with Crippen molar-refractivity contribution in [3.05, 3.63) is 17.7 Å². The van der Waals surface area contributed by atoms with Gasteiger partial charge in [0, 0.05) is 5.69 Å². The normalized spacial score (nSPS) is 10.8. The van der Waals surface area contributed by atoms with Crippen LogP contribution in [0.4, 0.5) is 11.4 Å². The highest BCUT2D eigenvalue weighted by Crippen LogP contribution is 2.28. The first-order valence-electron chi connectivity index (χ1n) is 9.96. The van der Waals surface area contributed by atoms with E-state index in [1.54, 1.807) is 12.1 Å². The largest absolute Gasteiger partial charge is 0.491 e. The van der Waals surface area contributed by atoms with Gasteiger partial charge in [-0.2, -0.15) is 0 Å². The highest BCUT2D eigenvalue weighted by atomic mass is 16.5. The molecular weight excluding hydrogens is 312 g/mol. The lowest BCUT2D eigenvalue weighted by atomic mass is 10.1. The first kappa shape index (κ1) is 21.3. The van der Waals surface area contributed by atoms with Gasteiger partial charge in [0.2, 0.25) is 0 Å². The van der Waals surface area contributed by atoms with Crippen molar-refractivity contribution in [3.63, 3.8) is 0 Å². The first-order chi connectivity index (χ1) is 12.2. The minimum atomic E-state index is 0.427. The summed E-state index contributed by atoms with van der Waals surface area (Å²) in [4.78, 5) is 11.1. The standard InChI is InChI=1S/C21H36N2O2/c1-2-3-4-5-6-7-8-9-10-11-12-13-14-25-21-18(17-24)15-19(22)16-20(21)23/h15-17H,2-14,22-23H2,1H3. The molecule has 0 saturated carbocycles. The summed E-state index contributed by atoms with van der Waals surface area (Å²) < 4.78 is 5.69. The Balaban J connectivity index is 2.02. The predicted molar refractivity (Wildman–Crippen MR) is 107 cm³/mol. The topological polar surface area (TPSA) is 78.3 Å². The Labute approximate surface area is 153 Å². The molecule has 0 saturated heterocycles. The monoisotopic (exact) mass is 348 g/mol. The summed E-state index contributed by atoms with van der Waals surface area (Å²) in [5, 5.41) is 0. The van der Waals surface area contributed by atoms with Crippen LogP contribution in [0.15, 0.2) is 12.1 Å². The fourth-order valence-electron chi connectivity index (χ4n) is 3.07. The van der Waals surface area contributed by atoms with Crippen molar-refractivity contribution < 1.29 is 9.53 Å². The molecule has 142 valence electrons. The summed E-state index contributed by atoms with van der Waals surface area (Å²) in [7, 11) is 0. The Bertz CT molecular complexity index is 489. The second-order valence-corrected chi connectivity index (χ2v) is 6.88. The van der Waals surface area contributed by atoms with Gasteiger partial charge in [-0.15, -0.1) is 0 Å². The van der Waals surface area contributed by atoms with Crippen molar-refractivity contribution in [2.45, 2.75) is 84.0 Å². The van der Waals surface area contributed by atoms with Gasteiger partial charge in [0.1, 0.15) is 0 Å². The minimum absolute atomic E-state index is 0.427. The van der Waals surface area contributed by atoms with E-state index in [0.717, 1.165) is 19.1 Å². The maximum atomic E-state index is 11.1. The van der Waals surface area contributed by atoms with Gasteiger partial charge in [-0.3, -0.25) is 4.79 Å². The van der Waals surface area contributed by atoms with Crippen LogP contribution in [-0.2, 0) is 0 Å². The molecule has 0 atom stereocenters. The van der Waals surface area contributed by atoms with Crippen LogP contribution < -0.4 is 16.2 Å². The number of rotatable bonds is 15. The Kier molecular flexibility index (Phi) is 11.6. The zero-order valence-corrected chi connectivity index (χ0v) is 15.9. The molecule has 25 heavy (non-hydrogen) atoms. The van der Waals surface area contributed by atoms with Gasteiger partial charge in [-0.1, -0.05) is 77.6 Å². The van der Waals surface area contributed by atoms with E-state index in [4.69, 9.17) is 16.2 Å². The van der Waals surface area contributed by atoms with Crippen molar-refractivity contribution >= 4 is 17.7 Å². The molecule has 0 aliphatic rings. The van der Waals surface area contributed by atoms with Crippen LogP contribution in [0.2, 0.25) is 0 Å². The van der Waals surface area contributed by atoms with Gasteiger partial charge >= 0.3 is 0 Å². The molecule has 0 bridgehead atoms. The Hall–Kier alpha value is -1.71. The van der Waals surface area contributed by atoms with Crippen LogP contribution in [-0.4, -0.2) is 12.9 Å². The van der Waals surface area contributed by atoms with E-state index in [1.807, 2.05) is 0 Å². The molecule has 1 aromatic carbocycles. The van der Waals surface area contributed by atoms with E-state index in [2.05, 4.69) is 6.92 Å². The number of hydrogen-bond donors (Lipinski definition) is 2. The Morgan fingerprint density at radius 1 is 0.840 bits per heavy atom. The molecule has 4 N–H and O–H groups in total. The summed E-state index contributed by atoms with van der Waals surface area (Å²) in [6, 6.07) is 3.23. The van der Waals surface area contributed by atoms with E-state index in [-0.39, 0.29) is 0 Å². The molecule has 0 aliphatic heterocycles. The number of carbonyl (C=O) groups excluding carboxylic acids is 1. The van der Waals surface area contributed by atoms with Crippen molar-refractivity contribution in [1.82, 2.24) is 0 Å². The lowest BCUT2D eigenvalue weighted by molar-refractivity contribution is 0.111. The van der Waals surface area contributed by atoms with Crippen LogP contribution in [0.1, 0.15) is 94.3 Å². The molecule has 0 amide bonds.